The molecule has 0 spiro atoms. The van der Waals surface area contributed by atoms with Crippen molar-refractivity contribution < 1.29 is 5.11 Å². The molecule has 1 aromatic heterocycles. The smallest absolute Gasteiger partial charge is 0.168 e. The summed E-state index contributed by atoms with van der Waals surface area (Å²) in [7, 11) is 0. The molecular weight excluding hydrogens is 180 g/mol. The molecule has 0 amide bonds. The zero-order chi connectivity index (χ0) is 10.4. The summed E-state index contributed by atoms with van der Waals surface area (Å²) in [5.74, 6) is 1.02. The number of nitrogens with zero attached hydrogens (tertiary/aromatic N) is 2. The molecule has 14 heavy (non-hydrogen) atoms. The summed E-state index contributed by atoms with van der Waals surface area (Å²) < 4.78 is 0. The summed E-state index contributed by atoms with van der Waals surface area (Å²) in [6, 6.07) is 0. The summed E-state index contributed by atoms with van der Waals surface area (Å²) in [5, 5.41) is 12.1. The van der Waals surface area contributed by atoms with Gasteiger partial charge in [-0.3, -0.25) is 0 Å². The first kappa shape index (κ1) is 10.7. The van der Waals surface area contributed by atoms with Gasteiger partial charge < -0.3 is 16.2 Å². The van der Waals surface area contributed by atoms with Gasteiger partial charge in [-0.1, -0.05) is 0 Å². The van der Waals surface area contributed by atoms with E-state index in [4.69, 9.17) is 10.8 Å². The van der Waals surface area contributed by atoms with Gasteiger partial charge >= 0.3 is 0 Å². The van der Waals surface area contributed by atoms with Crippen LogP contribution in [0.1, 0.15) is 19.8 Å². The van der Waals surface area contributed by atoms with E-state index in [0.29, 0.717) is 11.6 Å². The Morgan fingerprint density at radius 3 is 2.86 bits per heavy atom. The number of aliphatic hydroxyl groups excluding tert-OH is 1. The van der Waals surface area contributed by atoms with Crippen molar-refractivity contribution in [1.29, 1.82) is 0 Å². The van der Waals surface area contributed by atoms with Crippen LogP contribution in [0.5, 0.6) is 0 Å². The third-order valence-electron chi connectivity index (χ3n) is 1.82. The average Bonchev–Trinajstić information content (AvgIpc) is 2.15. The molecule has 0 aromatic carbocycles. The molecule has 0 fully saturated rings. The zero-order valence-corrected chi connectivity index (χ0v) is 8.27. The highest BCUT2D eigenvalue weighted by atomic mass is 16.3. The van der Waals surface area contributed by atoms with E-state index < -0.39 is 0 Å². The van der Waals surface area contributed by atoms with Crippen molar-refractivity contribution in [2.24, 2.45) is 0 Å². The molecule has 0 bridgehead atoms. The fourth-order valence-corrected chi connectivity index (χ4v) is 1.09. The average molecular weight is 196 g/mol. The Balaban J connectivity index is 2.28. The van der Waals surface area contributed by atoms with E-state index in [1.165, 1.54) is 0 Å². The lowest BCUT2D eigenvalue weighted by atomic mass is 10.2. The molecule has 0 saturated carbocycles. The van der Waals surface area contributed by atoms with Crippen LogP contribution in [0.3, 0.4) is 0 Å². The third-order valence-corrected chi connectivity index (χ3v) is 1.82. The molecule has 78 valence electrons. The van der Waals surface area contributed by atoms with Crippen molar-refractivity contribution in [1.82, 2.24) is 9.97 Å². The fourth-order valence-electron chi connectivity index (χ4n) is 1.09. The Kier molecular flexibility index (Phi) is 4.12. The monoisotopic (exact) mass is 196 g/mol. The van der Waals surface area contributed by atoms with Crippen LogP contribution in [0.2, 0.25) is 0 Å². The van der Waals surface area contributed by atoms with E-state index in [9.17, 15) is 0 Å². The normalized spacial score (nSPS) is 12.4. The van der Waals surface area contributed by atoms with Crippen LogP contribution in [0.4, 0.5) is 11.6 Å². The van der Waals surface area contributed by atoms with Gasteiger partial charge in [-0.2, -0.15) is 0 Å². The van der Waals surface area contributed by atoms with Gasteiger partial charge in [0.25, 0.3) is 0 Å². The van der Waals surface area contributed by atoms with Crippen LogP contribution in [0, 0.1) is 0 Å². The summed E-state index contributed by atoms with van der Waals surface area (Å²) >= 11 is 0. The second kappa shape index (κ2) is 5.39. The number of aromatic nitrogens is 2. The lowest BCUT2D eigenvalue weighted by Gasteiger charge is -2.07. The maximum absolute atomic E-state index is 9.02. The number of rotatable bonds is 5. The van der Waals surface area contributed by atoms with Crippen molar-refractivity contribution >= 4 is 11.6 Å². The molecule has 0 aliphatic heterocycles. The first-order chi connectivity index (χ1) is 6.70. The highest BCUT2D eigenvalue weighted by Gasteiger charge is 1.99. The van der Waals surface area contributed by atoms with Crippen LogP contribution in [-0.2, 0) is 0 Å². The maximum atomic E-state index is 9.02. The van der Waals surface area contributed by atoms with Crippen LogP contribution < -0.4 is 11.1 Å². The number of nitrogens with one attached hydrogen (secondary N) is 1. The van der Waals surface area contributed by atoms with E-state index >= 15 is 0 Å². The Morgan fingerprint density at radius 1 is 1.50 bits per heavy atom. The molecular formula is C9H16N4O. The second-order valence-electron chi connectivity index (χ2n) is 3.21. The van der Waals surface area contributed by atoms with Crippen LogP contribution >= 0.6 is 0 Å². The largest absolute Gasteiger partial charge is 0.393 e. The van der Waals surface area contributed by atoms with Gasteiger partial charge in [0.1, 0.15) is 0 Å². The van der Waals surface area contributed by atoms with Gasteiger partial charge in [-0.15, -0.1) is 0 Å². The standard InChI is InChI=1S/C9H16N4O/c1-7(14)3-2-4-12-9-8(10)11-5-6-13-9/h5-7,14H,2-4H2,1H3,(H2,10,11)(H,12,13). The van der Waals surface area contributed by atoms with Gasteiger partial charge in [0.15, 0.2) is 11.6 Å². The van der Waals surface area contributed by atoms with E-state index in [1.807, 2.05) is 0 Å². The number of nitrogens with two attached hydrogens (primary N) is 1. The number of nitrogen functional groups attached to an aromatic ring is 1. The van der Waals surface area contributed by atoms with E-state index in [-0.39, 0.29) is 6.10 Å². The lowest BCUT2D eigenvalue weighted by molar-refractivity contribution is 0.183. The highest BCUT2D eigenvalue weighted by molar-refractivity contribution is 5.54. The minimum absolute atomic E-state index is 0.254. The molecule has 1 unspecified atom stereocenters. The molecule has 1 rings (SSSR count). The summed E-state index contributed by atoms with van der Waals surface area (Å²) in [6.07, 6.45) is 4.54. The van der Waals surface area contributed by atoms with Gasteiger partial charge in [0.05, 0.1) is 6.10 Å². The van der Waals surface area contributed by atoms with Crippen molar-refractivity contribution in [3.8, 4) is 0 Å². The van der Waals surface area contributed by atoms with Gasteiger partial charge in [0, 0.05) is 18.9 Å². The zero-order valence-electron chi connectivity index (χ0n) is 8.27. The predicted molar refractivity (Wildman–Crippen MR) is 55.8 cm³/mol. The molecule has 0 aliphatic rings. The summed E-state index contributed by atoms with van der Waals surface area (Å²) in [5.41, 5.74) is 5.58. The molecule has 1 aromatic rings. The Morgan fingerprint density at radius 2 is 2.21 bits per heavy atom. The van der Waals surface area contributed by atoms with Gasteiger partial charge in [-0.25, -0.2) is 9.97 Å². The maximum Gasteiger partial charge on any atom is 0.168 e. The first-order valence-corrected chi connectivity index (χ1v) is 4.68. The topological polar surface area (TPSA) is 84.1 Å². The SMILES string of the molecule is CC(O)CCCNc1nccnc1N. The molecule has 0 saturated heterocycles. The van der Waals surface area contributed by atoms with E-state index in [0.717, 1.165) is 19.4 Å². The third kappa shape index (κ3) is 3.57. The minimum Gasteiger partial charge on any atom is -0.393 e. The van der Waals surface area contributed by atoms with Crippen molar-refractivity contribution in [3.63, 3.8) is 0 Å². The lowest BCUT2D eigenvalue weighted by Crippen LogP contribution is -2.09. The molecule has 1 atom stereocenters. The minimum atomic E-state index is -0.254. The molecule has 0 aliphatic carbocycles. The quantitative estimate of drug-likeness (QED) is 0.601. The highest BCUT2D eigenvalue weighted by Crippen LogP contribution is 2.09. The van der Waals surface area contributed by atoms with Crippen molar-refractivity contribution in [2.75, 3.05) is 17.6 Å². The van der Waals surface area contributed by atoms with Crippen LogP contribution in [0.25, 0.3) is 0 Å². The Bertz CT molecular complexity index is 277. The first-order valence-electron chi connectivity index (χ1n) is 4.68. The number of aliphatic hydroxyl groups is 1. The van der Waals surface area contributed by atoms with E-state index in [2.05, 4.69) is 15.3 Å². The van der Waals surface area contributed by atoms with Crippen LogP contribution in [0.15, 0.2) is 12.4 Å². The molecule has 1 heterocycles. The molecule has 0 radical (unpaired) electrons. The van der Waals surface area contributed by atoms with Crippen molar-refractivity contribution in [2.45, 2.75) is 25.9 Å². The van der Waals surface area contributed by atoms with Crippen molar-refractivity contribution in [3.05, 3.63) is 12.4 Å². The Hall–Kier alpha value is -1.36. The fraction of sp³-hybridized carbons (Fsp3) is 0.556. The predicted octanol–water partition coefficient (Wildman–Crippen LogP) is 0.632. The number of hydrogen-bond donors (Lipinski definition) is 3. The summed E-state index contributed by atoms with van der Waals surface area (Å²) in [6.45, 7) is 2.52. The molecule has 5 nitrogen and oxygen atoms in total. The van der Waals surface area contributed by atoms with Gasteiger partial charge in [0.2, 0.25) is 0 Å². The van der Waals surface area contributed by atoms with E-state index in [1.54, 1.807) is 19.3 Å². The Labute approximate surface area is 83.4 Å². The summed E-state index contributed by atoms with van der Waals surface area (Å²) in [4.78, 5) is 7.93. The number of anilines is 2. The van der Waals surface area contributed by atoms with Gasteiger partial charge in [-0.05, 0) is 19.8 Å². The molecule has 4 N–H and O–H groups in total. The number of hydrogen-bond acceptors (Lipinski definition) is 5. The molecule has 5 heteroatoms. The second-order valence-corrected chi connectivity index (χ2v) is 3.21. The van der Waals surface area contributed by atoms with Crippen LogP contribution in [-0.4, -0.2) is 27.7 Å².